The number of anilines is 1. The molecule has 1 fully saturated rings. The molecule has 5 nitrogen and oxygen atoms in total. The first kappa shape index (κ1) is 11.1. The summed E-state index contributed by atoms with van der Waals surface area (Å²) in [5.74, 6) is 0.769. The maximum atomic E-state index is 12.1. The molecule has 1 saturated heterocycles. The molecule has 1 aliphatic heterocycles. The molecule has 0 radical (unpaired) electrons. The average Bonchev–Trinajstić information content (AvgIpc) is 2.75. The van der Waals surface area contributed by atoms with Crippen molar-refractivity contribution in [2.75, 3.05) is 11.9 Å². The van der Waals surface area contributed by atoms with Gasteiger partial charge in [-0.2, -0.15) is 5.10 Å². The Hall–Kier alpha value is -1.36. The number of rotatable bonds is 2. The molecule has 1 aromatic rings. The molecule has 0 aromatic carbocycles. The van der Waals surface area contributed by atoms with Crippen LogP contribution >= 0.6 is 0 Å². The van der Waals surface area contributed by atoms with Gasteiger partial charge in [0.25, 0.3) is 0 Å². The Morgan fingerprint density at radius 1 is 1.69 bits per heavy atom. The fourth-order valence-corrected chi connectivity index (χ4v) is 2.07. The molecule has 0 bridgehead atoms. The van der Waals surface area contributed by atoms with Crippen LogP contribution < -0.4 is 10.6 Å². The van der Waals surface area contributed by atoms with E-state index >= 15 is 0 Å². The van der Waals surface area contributed by atoms with Crippen LogP contribution in [0.4, 0.5) is 5.82 Å². The Labute approximate surface area is 95.2 Å². The van der Waals surface area contributed by atoms with Crippen molar-refractivity contribution < 1.29 is 4.79 Å². The van der Waals surface area contributed by atoms with Crippen molar-refractivity contribution in [3.8, 4) is 0 Å². The zero-order chi connectivity index (χ0) is 11.8. The zero-order valence-electron chi connectivity index (χ0n) is 10.0. The third-order valence-corrected chi connectivity index (χ3v) is 3.11. The second-order valence-corrected chi connectivity index (χ2v) is 4.61. The summed E-state index contributed by atoms with van der Waals surface area (Å²) in [5.41, 5.74) is 0.473. The molecule has 1 unspecified atom stereocenters. The summed E-state index contributed by atoms with van der Waals surface area (Å²) in [5, 5.41) is 10.3. The van der Waals surface area contributed by atoms with Gasteiger partial charge in [-0.05, 0) is 33.2 Å². The van der Waals surface area contributed by atoms with Crippen LogP contribution in [0.1, 0.15) is 25.5 Å². The molecule has 88 valence electrons. The minimum atomic E-state index is -0.432. The van der Waals surface area contributed by atoms with Gasteiger partial charge in [-0.25, -0.2) is 0 Å². The zero-order valence-corrected chi connectivity index (χ0v) is 10.0. The summed E-state index contributed by atoms with van der Waals surface area (Å²) in [6, 6.07) is 1.87. The van der Waals surface area contributed by atoms with E-state index in [-0.39, 0.29) is 5.91 Å². The smallest absolute Gasteiger partial charge is 0.245 e. The van der Waals surface area contributed by atoms with E-state index in [9.17, 15) is 4.79 Å². The molecule has 2 heterocycles. The normalized spacial score (nSPS) is 24.7. The van der Waals surface area contributed by atoms with Crippen molar-refractivity contribution in [3.63, 3.8) is 0 Å². The van der Waals surface area contributed by atoms with Crippen molar-refractivity contribution in [3.05, 3.63) is 11.8 Å². The Morgan fingerprint density at radius 3 is 2.94 bits per heavy atom. The largest absolute Gasteiger partial charge is 0.309 e. The minimum Gasteiger partial charge on any atom is -0.309 e. The topological polar surface area (TPSA) is 59.0 Å². The lowest BCUT2D eigenvalue weighted by Gasteiger charge is -2.22. The second kappa shape index (κ2) is 3.90. The molecule has 1 atom stereocenters. The summed E-state index contributed by atoms with van der Waals surface area (Å²) in [4.78, 5) is 12.1. The number of carbonyl (C=O) groups is 1. The average molecular weight is 222 g/mol. The first-order valence-corrected chi connectivity index (χ1v) is 5.58. The molecule has 16 heavy (non-hydrogen) atoms. The maximum Gasteiger partial charge on any atom is 0.245 e. The predicted octanol–water partition coefficient (Wildman–Crippen LogP) is 0.809. The number of carbonyl (C=O) groups excluding carboxylic acids is 1. The molecule has 1 amide bonds. The fraction of sp³-hybridized carbons (Fsp3) is 0.636. The first-order chi connectivity index (χ1) is 7.51. The lowest BCUT2D eigenvalue weighted by atomic mass is 9.99. The van der Waals surface area contributed by atoms with Gasteiger partial charge in [0.1, 0.15) is 5.82 Å². The number of hydrogen-bond donors (Lipinski definition) is 2. The van der Waals surface area contributed by atoms with Crippen molar-refractivity contribution in [1.82, 2.24) is 15.1 Å². The Morgan fingerprint density at radius 2 is 2.44 bits per heavy atom. The van der Waals surface area contributed by atoms with E-state index in [1.807, 2.05) is 27.0 Å². The van der Waals surface area contributed by atoms with E-state index in [1.54, 1.807) is 4.68 Å². The van der Waals surface area contributed by atoms with Gasteiger partial charge in [-0.15, -0.1) is 0 Å². The number of hydrogen-bond acceptors (Lipinski definition) is 3. The molecule has 0 saturated carbocycles. The summed E-state index contributed by atoms with van der Waals surface area (Å²) in [7, 11) is 1.83. The van der Waals surface area contributed by atoms with Gasteiger partial charge in [0.05, 0.1) is 11.2 Å². The lowest BCUT2D eigenvalue weighted by Crippen LogP contribution is -2.48. The van der Waals surface area contributed by atoms with Gasteiger partial charge in [-0.1, -0.05) is 0 Å². The van der Waals surface area contributed by atoms with E-state index < -0.39 is 5.54 Å². The van der Waals surface area contributed by atoms with Gasteiger partial charge in [-0.3, -0.25) is 9.48 Å². The number of aryl methyl sites for hydroxylation is 2. The highest BCUT2D eigenvalue weighted by atomic mass is 16.2. The third kappa shape index (κ3) is 1.95. The summed E-state index contributed by atoms with van der Waals surface area (Å²) in [6.45, 7) is 4.76. The van der Waals surface area contributed by atoms with E-state index in [2.05, 4.69) is 15.7 Å². The molecule has 1 aromatic heterocycles. The minimum absolute atomic E-state index is 0.0213. The molecular formula is C11H18N4O. The molecule has 0 spiro atoms. The highest BCUT2D eigenvalue weighted by molar-refractivity contribution is 5.97. The summed E-state index contributed by atoms with van der Waals surface area (Å²) >= 11 is 0. The Bertz CT molecular complexity index is 404. The van der Waals surface area contributed by atoms with E-state index in [1.165, 1.54) is 0 Å². The number of nitrogens with zero attached hydrogens (tertiary/aromatic N) is 2. The van der Waals surface area contributed by atoms with Crippen molar-refractivity contribution in [2.45, 2.75) is 32.2 Å². The van der Waals surface area contributed by atoms with Crippen molar-refractivity contribution in [1.29, 1.82) is 0 Å². The van der Waals surface area contributed by atoms with Gasteiger partial charge >= 0.3 is 0 Å². The quantitative estimate of drug-likeness (QED) is 0.778. The van der Waals surface area contributed by atoms with Crippen LogP contribution in [-0.4, -0.2) is 27.8 Å². The molecule has 1 aliphatic rings. The predicted molar refractivity (Wildman–Crippen MR) is 62.2 cm³/mol. The number of nitrogens with one attached hydrogen (secondary N) is 2. The van der Waals surface area contributed by atoms with E-state index in [0.717, 1.165) is 30.9 Å². The number of amides is 1. The highest BCUT2D eigenvalue weighted by Gasteiger charge is 2.36. The van der Waals surface area contributed by atoms with Gasteiger partial charge < -0.3 is 10.6 Å². The number of aromatic nitrogens is 2. The molecule has 2 N–H and O–H groups in total. The summed E-state index contributed by atoms with van der Waals surface area (Å²) < 4.78 is 1.69. The van der Waals surface area contributed by atoms with Crippen molar-refractivity contribution in [2.24, 2.45) is 7.05 Å². The van der Waals surface area contributed by atoms with Crippen LogP contribution in [0.25, 0.3) is 0 Å². The molecular weight excluding hydrogens is 204 g/mol. The van der Waals surface area contributed by atoms with Gasteiger partial charge in [0.2, 0.25) is 5.91 Å². The lowest BCUT2D eigenvalue weighted by molar-refractivity contribution is -0.121. The molecule has 2 rings (SSSR count). The van der Waals surface area contributed by atoms with Crippen LogP contribution in [0.15, 0.2) is 6.07 Å². The Balaban J connectivity index is 2.10. The SMILES string of the molecule is Cc1cc(NC(=O)C2(C)CCCN2)n(C)n1. The van der Waals surface area contributed by atoms with Crippen LogP contribution in [0.2, 0.25) is 0 Å². The third-order valence-electron chi connectivity index (χ3n) is 3.11. The second-order valence-electron chi connectivity index (χ2n) is 4.61. The van der Waals surface area contributed by atoms with Crippen LogP contribution in [0.5, 0.6) is 0 Å². The van der Waals surface area contributed by atoms with Crippen LogP contribution in [0.3, 0.4) is 0 Å². The Kier molecular flexibility index (Phi) is 2.71. The van der Waals surface area contributed by atoms with E-state index in [4.69, 9.17) is 0 Å². The maximum absolute atomic E-state index is 12.1. The van der Waals surface area contributed by atoms with Crippen LogP contribution in [-0.2, 0) is 11.8 Å². The fourth-order valence-electron chi connectivity index (χ4n) is 2.07. The summed E-state index contributed by atoms with van der Waals surface area (Å²) in [6.07, 6.45) is 1.93. The monoisotopic (exact) mass is 222 g/mol. The first-order valence-electron chi connectivity index (χ1n) is 5.58. The van der Waals surface area contributed by atoms with Crippen LogP contribution in [0, 0.1) is 6.92 Å². The molecule has 0 aliphatic carbocycles. The van der Waals surface area contributed by atoms with Gasteiger partial charge in [0.15, 0.2) is 0 Å². The van der Waals surface area contributed by atoms with Gasteiger partial charge in [0, 0.05) is 13.1 Å². The van der Waals surface area contributed by atoms with Crippen molar-refractivity contribution >= 4 is 11.7 Å². The standard InChI is InChI=1S/C11H18N4O/c1-8-7-9(15(3)14-8)13-10(16)11(2)5-4-6-12-11/h7,12H,4-6H2,1-3H3,(H,13,16). The highest BCUT2D eigenvalue weighted by Crippen LogP contribution is 2.20. The van der Waals surface area contributed by atoms with E-state index in [0.29, 0.717) is 0 Å². The molecule has 5 heteroatoms.